The van der Waals surface area contributed by atoms with Crippen LogP contribution in [-0.4, -0.2) is 85.6 Å². The predicted octanol–water partition coefficient (Wildman–Crippen LogP) is 3.12. The number of hydrogen-bond acceptors (Lipinski definition) is 7. The van der Waals surface area contributed by atoms with Crippen molar-refractivity contribution in [1.82, 2.24) is 24.5 Å². The summed E-state index contributed by atoms with van der Waals surface area (Å²) in [5.41, 5.74) is 1.21. The Morgan fingerprint density at radius 3 is 2.59 bits per heavy atom. The van der Waals surface area contributed by atoms with E-state index in [1.165, 1.54) is 17.1 Å². The summed E-state index contributed by atoms with van der Waals surface area (Å²) >= 11 is 1.50. The molecule has 2 aromatic rings. The maximum Gasteiger partial charge on any atom is 0.205 e. The molecule has 1 fully saturated rings. The number of ether oxygens (including phenoxy) is 1. The quantitative estimate of drug-likeness (QED) is 0.296. The molecule has 2 heterocycles. The molecule has 178 valence electrons. The lowest BCUT2D eigenvalue weighted by molar-refractivity contribution is 0.302. The minimum atomic E-state index is 0. The minimum Gasteiger partial charge on any atom is -0.497 e. The van der Waals surface area contributed by atoms with Gasteiger partial charge in [0.25, 0.3) is 0 Å². The van der Waals surface area contributed by atoms with Crippen LogP contribution in [0.3, 0.4) is 0 Å². The Balaban J connectivity index is 0.00000363. The predicted molar refractivity (Wildman–Crippen MR) is 144 cm³/mol. The van der Waals surface area contributed by atoms with Crippen molar-refractivity contribution in [1.29, 1.82) is 0 Å². The van der Waals surface area contributed by atoms with Gasteiger partial charge in [-0.2, -0.15) is 4.37 Å². The number of aryl methyl sites for hydroxylation is 1. The number of anilines is 1. The zero-order valence-corrected chi connectivity index (χ0v) is 22.9. The molecule has 1 atom stereocenters. The third kappa shape index (κ3) is 6.92. The standard InChI is InChI=1S/C22H35N7OS.HI/c1-6-20-25-22(31-26-20)29-13-11-28(12-14-29)21(23-7-2)24-16-19(27(3)4)17-9-8-10-18(15-17)30-5;/h8-10,15,19H,6-7,11-14,16H2,1-5H3,(H,23,24);1H. The largest absolute Gasteiger partial charge is 0.497 e. The van der Waals surface area contributed by atoms with E-state index in [2.05, 4.69) is 69.4 Å². The molecule has 0 aliphatic carbocycles. The number of nitrogens with zero attached hydrogens (tertiary/aromatic N) is 6. The lowest BCUT2D eigenvalue weighted by atomic mass is 10.1. The van der Waals surface area contributed by atoms with E-state index in [0.717, 1.165) is 61.8 Å². The second-order valence-corrected chi connectivity index (χ2v) is 8.50. The first-order chi connectivity index (χ1) is 15.0. The summed E-state index contributed by atoms with van der Waals surface area (Å²) in [6.07, 6.45) is 0.883. The second-order valence-electron chi connectivity index (χ2n) is 7.77. The van der Waals surface area contributed by atoms with Gasteiger partial charge in [-0.25, -0.2) is 4.98 Å². The van der Waals surface area contributed by atoms with Crippen LogP contribution in [0.25, 0.3) is 0 Å². The summed E-state index contributed by atoms with van der Waals surface area (Å²) in [6, 6.07) is 8.43. The van der Waals surface area contributed by atoms with Crippen LogP contribution in [0.5, 0.6) is 5.75 Å². The van der Waals surface area contributed by atoms with Gasteiger partial charge in [0.05, 0.1) is 19.7 Å². The summed E-state index contributed by atoms with van der Waals surface area (Å²) in [7, 11) is 5.89. The summed E-state index contributed by atoms with van der Waals surface area (Å²) in [5.74, 6) is 2.78. The zero-order chi connectivity index (χ0) is 22.2. The van der Waals surface area contributed by atoms with Crippen LogP contribution in [0.4, 0.5) is 5.13 Å². The number of methoxy groups -OCH3 is 1. The Kier molecular flexibility index (Phi) is 10.9. The lowest BCUT2D eigenvalue weighted by Crippen LogP contribution is -2.52. The summed E-state index contributed by atoms with van der Waals surface area (Å²) in [4.78, 5) is 16.5. The highest BCUT2D eigenvalue weighted by molar-refractivity contribution is 14.0. The highest BCUT2D eigenvalue weighted by atomic mass is 127. The van der Waals surface area contributed by atoms with Crippen LogP contribution in [-0.2, 0) is 6.42 Å². The van der Waals surface area contributed by atoms with Crippen molar-refractivity contribution < 1.29 is 4.74 Å². The molecule has 3 rings (SSSR count). The summed E-state index contributed by atoms with van der Waals surface area (Å²) in [6.45, 7) is 9.42. The van der Waals surface area contributed by atoms with Gasteiger partial charge in [-0.1, -0.05) is 19.1 Å². The monoisotopic (exact) mass is 573 g/mol. The molecule has 0 amide bonds. The van der Waals surface area contributed by atoms with Crippen molar-refractivity contribution in [2.45, 2.75) is 26.3 Å². The van der Waals surface area contributed by atoms with Crippen molar-refractivity contribution in [2.24, 2.45) is 4.99 Å². The second kappa shape index (κ2) is 13.1. The fourth-order valence-corrected chi connectivity index (χ4v) is 4.44. The van der Waals surface area contributed by atoms with Crippen LogP contribution >= 0.6 is 35.5 Å². The van der Waals surface area contributed by atoms with E-state index in [0.29, 0.717) is 6.54 Å². The molecule has 1 aromatic carbocycles. The maximum atomic E-state index is 5.41. The Morgan fingerprint density at radius 2 is 2.00 bits per heavy atom. The van der Waals surface area contributed by atoms with Crippen molar-refractivity contribution in [3.63, 3.8) is 0 Å². The molecule has 0 radical (unpaired) electrons. The SMILES string of the molecule is CCNC(=NCC(c1cccc(OC)c1)N(C)C)N1CCN(c2nc(CC)ns2)CC1.I. The number of halogens is 1. The average molecular weight is 574 g/mol. The van der Waals surface area contributed by atoms with E-state index in [1.54, 1.807) is 7.11 Å². The van der Waals surface area contributed by atoms with Gasteiger partial charge in [-0.05, 0) is 38.7 Å². The molecule has 1 aliphatic heterocycles. The summed E-state index contributed by atoms with van der Waals surface area (Å²) in [5, 5.41) is 4.51. The maximum absolute atomic E-state index is 5.41. The van der Waals surface area contributed by atoms with E-state index in [9.17, 15) is 0 Å². The smallest absolute Gasteiger partial charge is 0.205 e. The first-order valence-corrected chi connectivity index (χ1v) is 11.7. The number of piperazine rings is 1. The van der Waals surface area contributed by atoms with Crippen molar-refractivity contribution in [3.8, 4) is 5.75 Å². The zero-order valence-electron chi connectivity index (χ0n) is 19.7. The molecule has 8 nitrogen and oxygen atoms in total. The molecule has 0 spiro atoms. The van der Waals surface area contributed by atoms with Crippen LogP contribution in [0.15, 0.2) is 29.3 Å². The van der Waals surface area contributed by atoms with Gasteiger partial charge in [0, 0.05) is 50.7 Å². The van der Waals surface area contributed by atoms with Crippen LogP contribution in [0.1, 0.15) is 31.3 Å². The third-order valence-corrected chi connectivity index (χ3v) is 6.29. The Morgan fingerprint density at radius 1 is 1.25 bits per heavy atom. The number of rotatable bonds is 8. The highest BCUT2D eigenvalue weighted by Gasteiger charge is 2.23. The average Bonchev–Trinajstić information content (AvgIpc) is 3.28. The normalized spacial score (nSPS) is 15.5. The molecule has 1 aromatic heterocycles. The number of aromatic nitrogens is 2. The van der Waals surface area contributed by atoms with E-state index in [1.807, 2.05) is 12.1 Å². The van der Waals surface area contributed by atoms with Gasteiger partial charge < -0.3 is 24.8 Å². The highest BCUT2D eigenvalue weighted by Crippen LogP contribution is 2.23. The molecule has 32 heavy (non-hydrogen) atoms. The fourth-order valence-electron chi connectivity index (χ4n) is 3.64. The first-order valence-electron chi connectivity index (χ1n) is 11.0. The topological polar surface area (TPSA) is 69.1 Å². The van der Waals surface area contributed by atoms with Crippen LogP contribution < -0.4 is 15.0 Å². The van der Waals surface area contributed by atoms with E-state index in [4.69, 9.17) is 9.73 Å². The van der Waals surface area contributed by atoms with E-state index >= 15 is 0 Å². The van der Waals surface area contributed by atoms with E-state index in [-0.39, 0.29) is 30.0 Å². The number of nitrogens with one attached hydrogen (secondary N) is 1. The minimum absolute atomic E-state index is 0. The van der Waals surface area contributed by atoms with Crippen molar-refractivity contribution >= 4 is 46.6 Å². The Bertz CT molecular complexity index is 852. The Hall–Kier alpha value is -1.66. The molecule has 10 heteroatoms. The van der Waals surface area contributed by atoms with Gasteiger partial charge in [0.2, 0.25) is 5.13 Å². The summed E-state index contributed by atoms with van der Waals surface area (Å²) < 4.78 is 9.84. The van der Waals surface area contributed by atoms with Gasteiger partial charge in [0.1, 0.15) is 11.6 Å². The van der Waals surface area contributed by atoms with Crippen molar-refractivity contribution in [3.05, 3.63) is 35.7 Å². The number of aliphatic imine (C=N–C) groups is 1. The van der Waals surface area contributed by atoms with Crippen molar-refractivity contribution in [2.75, 3.05) is 65.4 Å². The number of guanidine groups is 1. The lowest BCUT2D eigenvalue weighted by Gasteiger charge is -2.36. The van der Waals surface area contributed by atoms with Gasteiger partial charge in [-0.3, -0.25) is 4.99 Å². The number of hydrogen-bond donors (Lipinski definition) is 1. The molecule has 1 aliphatic rings. The van der Waals surface area contributed by atoms with Crippen LogP contribution in [0, 0.1) is 0 Å². The van der Waals surface area contributed by atoms with Gasteiger partial charge in [-0.15, -0.1) is 24.0 Å². The van der Waals surface area contributed by atoms with E-state index < -0.39 is 0 Å². The molecular formula is C22H36IN7OS. The molecule has 0 bridgehead atoms. The number of likely N-dealkylation sites (N-methyl/N-ethyl adjacent to an activating group) is 1. The Labute approximate surface area is 213 Å². The third-order valence-electron chi connectivity index (χ3n) is 5.47. The molecule has 1 N–H and O–H groups in total. The molecule has 1 saturated heterocycles. The molecular weight excluding hydrogens is 537 g/mol. The molecule has 1 unspecified atom stereocenters. The van der Waals surface area contributed by atoms with Gasteiger partial charge >= 0.3 is 0 Å². The number of benzene rings is 1. The van der Waals surface area contributed by atoms with Gasteiger partial charge in [0.15, 0.2) is 5.96 Å². The molecule has 0 saturated carbocycles. The fraction of sp³-hybridized carbons (Fsp3) is 0.591. The first kappa shape index (κ1) is 26.6. The van der Waals surface area contributed by atoms with Crippen LogP contribution in [0.2, 0.25) is 0 Å².